The molecular weight excluding hydrogens is 266 g/mol. The van der Waals surface area contributed by atoms with Crippen molar-refractivity contribution in [2.45, 2.75) is 38.8 Å². The number of aromatic nitrogens is 2. The lowest BCUT2D eigenvalue weighted by molar-refractivity contribution is -0.0184. The van der Waals surface area contributed by atoms with E-state index in [0.717, 1.165) is 30.6 Å². The highest BCUT2D eigenvalue weighted by Gasteiger charge is 2.28. The molecule has 2 aromatic rings. The maximum absolute atomic E-state index is 12.1. The standard InChI is InChI=1S/C16H21N3O2/c1-12-4-7-19-14(8-12)17-13(9-15(19)20)10-18-6-3-5-16(2,21)11-18/h4,7-9,21H,3,5-6,10-11H2,1-2H3. The highest BCUT2D eigenvalue weighted by Crippen LogP contribution is 2.21. The van der Waals surface area contributed by atoms with E-state index in [1.54, 1.807) is 16.7 Å². The fraction of sp³-hybridized carbons (Fsp3) is 0.500. The summed E-state index contributed by atoms with van der Waals surface area (Å²) in [7, 11) is 0. The Morgan fingerprint density at radius 2 is 2.24 bits per heavy atom. The first kappa shape index (κ1) is 14.2. The molecule has 1 aliphatic heterocycles. The molecule has 0 spiro atoms. The molecule has 0 bridgehead atoms. The van der Waals surface area contributed by atoms with E-state index in [9.17, 15) is 9.90 Å². The second-order valence-corrected chi connectivity index (χ2v) is 6.33. The molecule has 1 unspecified atom stereocenters. The molecule has 5 nitrogen and oxygen atoms in total. The number of pyridine rings is 1. The van der Waals surface area contributed by atoms with Crippen LogP contribution in [-0.4, -0.2) is 38.1 Å². The second kappa shape index (κ2) is 5.24. The van der Waals surface area contributed by atoms with Crippen LogP contribution < -0.4 is 5.56 Å². The van der Waals surface area contributed by atoms with Gasteiger partial charge in [-0.15, -0.1) is 0 Å². The van der Waals surface area contributed by atoms with Gasteiger partial charge in [0.2, 0.25) is 0 Å². The number of hydrogen-bond acceptors (Lipinski definition) is 4. The fourth-order valence-corrected chi connectivity index (χ4v) is 3.02. The van der Waals surface area contributed by atoms with Crippen molar-refractivity contribution < 1.29 is 5.11 Å². The molecule has 2 aromatic heterocycles. The van der Waals surface area contributed by atoms with Crippen molar-refractivity contribution in [3.8, 4) is 0 Å². The molecule has 1 aliphatic rings. The Morgan fingerprint density at radius 1 is 1.43 bits per heavy atom. The monoisotopic (exact) mass is 287 g/mol. The summed E-state index contributed by atoms with van der Waals surface area (Å²) in [6, 6.07) is 5.40. The second-order valence-electron chi connectivity index (χ2n) is 6.33. The van der Waals surface area contributed by atoms with Gasteiger partial charge in [-0.25, -0.2) is 4.98 Å². The fourth-order valence-electron chi connectivity index (χ4n) is 3.02. The maximum atomic E-state index is 12.1. The largest absolute Gasteiger partial charge is 0.389 e. The lowest BCUT2D eigenvalue weighted by atomic mass is 9.95. The minimum Gasteiger partial charge on any atom is -0.389 e. The van der Waals surface area contributed by atoms with E-state index in [0.29, 0.717) is 18.7 Å². The van der Waals surface area contributed by atoms with Crippen molar-refractivity contribution in [3.05, 3.63) is 46.0 Å². The third-order valence-electron chi connectivity index (χ3n) is 4.02. The summed E-state index contributed by atoms with van der Waals surface area (Å²) >= 11 is 0. The summed E-state index contributed by atoms with van der Waals surface area (Å²) in [6.45, 7) is 6.02. The van der Waals surface area contributed by atoms with Crippen LogP contribution in [0, 0.1) is 6.92 Å². The first-order valence-electron chi connectivity index (χ1n) is 7.37. The molecule has 5 heteroatoms. The molecule has 0 amide bonds. The van der Waals surface area contributed by atoms with E-state index in [1.165, 1.54) is 0 Å². The number of hydrogen-bond donors (Lipinski definition) is 1. The molecule has 3 heterocycles. The summed E-state index contributed by atoms with van der Waals surface area (Å²) in [5, 5.41) is 10.2. The van der Waals surface area contributed by atoms with Crippen LogP contribution in [0.4, 0.5) is 0 Å². The minimum absolute atomic E-state index is 0.0567. The van der Waals surface area contributed by atoms with E-state index >= 15 is 0 Å². The molecule has 1 fully saturated rings. The molecular formula is C16H21N3O2. The van der Waals surface area contributed by atoms with Gasteiger partial charge in [-0.1, -0.05) is 0 Å². The predicted molar refractivity (Wildman–Crippen MR) is 81.3 cm³/mol. The number of β-amino-alcohol motifs (C(OH)–C–C–N with tert-alkyl or cyclic N) is 1. The normalized spacial score (nSPS) is 23.6. The summed E-state index contributed by atoms with van der Waals surface area (Å²) in [5.41, 5.74) is 1.84. The molecule has 1 N–H and O–H groups in total. The summed E-state index contributed by atoms with van der Waals surface area (Å²) in [4.78, 5) is 18.9. The van der Waals surface area contributed by atoms with Crippen LogP contribution in [0.5, 0.6) is 0 Å². The van der Waals surface area contributed by atoms with Crippen molar-refractivity contribution in [2.24, 2.45) is 0 Å². The molecule has 0 radical (unpaired) electrons. The predicted octanol–water partition coefficient (Wildman–Crippen LogP) is 1.35. The van der Waals surface area contributed by atoms with E-state index in [1.807, 2.05) is 26.0 Å². The average Bonchev–Trinajstić information content (AvgIpc) is 2.36. The summed E-state index contributed by atoms with van der Waals surface area (Å²) in [5.74, 6) is 0. The van der Waals surface area contributed by atoms with Gasteiger partial charge in [0.15, 0.2) is 0 Å². The van der Waals surface area contributed by atoms with Crippen LogP contribution in [0.1, 0.15) is 31.0 Å². The van der Waals surface area contributed by atoms with Gasteiger partial charge in [0.1, 0.15) is 5.65 Å². The van der Waals surface area contributed by atoms with Gasteiger partial charge in [0, 0.05) is 25.4 Å². The van der Waals surface area contributed by atoms with Crippen LogP contribution in [0.25, 0.3) is 5.65 Å². The third-order valence-corrected chi connectivity index (χ3v) is 4.02. The molecule has 112 valence electrons. The lowest BCUT2D eigenvalue weighted by Crippen LogP contribution is -2.45. The SMILES string of the molecule is Cc1ccn2c(=O)cc(CN3CCCC(C)(O)C3)nc2c1. The van der Waals surface area contributed by atoms with Gasteiger partial charge in [-0.3, -0.25) is 14.1 Å². The average molecular weight is 287 g/mol. The first-order chi connectivity index (χ1) is 9.93. The number of fused-ring (bicyclic) bond motifs is 1. The van der Waals surface area contributed by atoms with Crippen LogP contribution in [0.2, 0.25) is 0 Å². The lowest BCUT2D eigenvalue weighted by Gasteiger charge is -2.36. The molecule has 0 saturated carbocycles. The van der Waals surface area contributed by atoms with Gasteiger partial charge >= 0.3 is 0 Å². The Kier molecular flexibility index (Phi) is 3.55. The number of aliphatic hydroxyl groups is 1. The van der Waals surface area contributed by atoms with Crippen molar-refractivity contribution >= 4 is 5.65 Å². The minimum atomic E-state index is -0.638. The molecule has 0 aliphatic carbocycles. The van der Waals surface area contributed by atoms with Gasteiger partial charge in [0.05, 0.1) is 11.3 Å². The Bertz CT molecular complexity index is 721. The number of nitrogens with zero attached hydrogens (tertiary/aromatic N) is 3. The first-order valence-corrected chi connectivity index (χ1v) is 7.37. The van der Waals surface area contributed by atoms with Crippen LogP contribution in [0.15, 0.2) is 29.2 Å². The molecule has 1 atom stereocenters. The topological polar surface area (TPSA) is 57.8 Å². The van der Waals surface area contributed by atoms with Gasteiger partial charge in [-0.05, 0) is 50.9 Å². The van der Waals surface area contributed by atoms with E-state index in [-0.39, 0.29) is 5.56 Å². The molecule has 21 heavy (non-hydrogen) atoms. The van der Waals surface area contributed by atoms with Crippen molar-refractivity contribution in [2.75, 3.05) is 13.1 Å². The Labute approximate surface area is 123 Å². The zero-order valence-corrected chi connectivity index (χ0v) is 12.5. The maximum Gasteiger partial charge on any atom is 0.258 e. The number of rotatable bonds is 2. The van der Waals surface area contributed by atoms with Crippen LogP contribution in [0.3, 0.4) is 0 Å². The number of likely N-dealkylation sites (tertiary alicyclic amines) is 1. The summed E-state index contributed by atoms with van der Waals surface area (Å²) in [6.07, 6.45) is 3.56. The number of aryl methyl sites for hydroxylation is 1. The van der Waals surface area contributed by atoms with E-state index < -0.39 is 5.60 Å². The Balaban J connectivity index is 1.89. The van der Waals surface area contributed by atoms with E-state index in [2.05, 4.69) is 9.88 Å². The van der Waals surface area contributed by atoms with Crippen LogP contribution >= 0.6 is 0 Å². The Hall–Kier alpha value is -1.72. The van der Waals surface area contributed by atoms with Crippen molar-refractivity contribution in [1.82, 2.24) is 14.3 Å². The van der Waals surface area contributed by atoms with Crippen LogP contribution in [-0.2, 0) is 6.54 Å². The zero-order chi connectivity index (χ0) is 15.0. The van der Waals surface area contributed by atoms with Crippen molar-refractivity contribution in [3.63, 3.8) is 0 Å². The quantitative estimate of drug-likeness (QED) is 0.906. The van der Waals surface area contributed by atoms with E-state index in [4.69, 9.17) is 0 Å². The highest BCUT2D eigenvalue weighted by atomic mass is 16.3. The smallest absolute Gasteiger partial charge is 0.258 e. The molecule has 3 rings (SSSR count). The number of piperidine rings is 1. The van der Waals surface area contributed by atoms with Gasteiger partial charge in [-0.2, -0.15) is 0 Å². The Morgan fingerprint density at radius 3 is 3.00 bits per heavy atom. The van der Waals surface area contributed by atoms with Gasteiger partial charge < -0.3 is 5.11 Å². The molecule has 0 aromatic carbocycles. The highest BCUT2D eigenvalue weighted by molar-refractivity contribution is 5.41. The van der Waals surface area contributed by atoms with Gasteiger partial charge in [0.25, 0.3) is 5.56 Å². The third kappa shape index (κ3) is 3.14. The van der Waals surface area contributed by atoms with Crippen molar-refractivity contribution in [1.29, 1.82) is 0 Å². The summed E-state index contributed by atoms with van der Waals surface area (Å²) < 4.78 is 1.56. The zero-order valence-electron chi connectivity index (χ0n) is 12.5. The molecule has 1 saturated heterocycles.